The molecule has 0 aliphatic carbocycles. The largest absolute Gasteiger partial charge is 0.493 e. The molecule has 2 rings (SSSR count). The highest BCUT2D eigenvalue weighted by atomic mass is 79.9. The summed E-state index contributed by atoms with van der Waals surface area (Å²) < 4.78 is 20.8. The van der Waals surface area contributed by atoms with Crippen molar-refractivity contribution in [2.45, 2.75) is 19.6 Å². The van der Waals surface area contributed by atoms with E-state index >= 15 is 0 Å². The molecule has 0 amide bonds. The summed E-state index contributed by atoms with van der Waals surface area (Å²) in [6, 6.07) is 4.18. The van der Waals surface area contributed by atoms with Gasteiger partial charge in [-0.25, -0.2) is 4.39 Å². The molecule has 1 atom stereocenters. The number of methoxy groups -OCH3 is 1. The molecule has 6 heteroatoms. The van der Waals surface area contributed by atoms with E-state index in [2.05, 4.69) is 21.0 Å². The van der Waals surface area contributed by atoms with Gasteiger partial charge in [-0.15, -0.1) is 0 Å². The van der Waals surface area contributed by atoms with Crippen LogP contribution in [0, 0.1) is 5.82 Å². The van der Waals surface area contributed by atoms with E-state index < -0.39 is 11.9 Å². The number of halogens is 2. The SMILES string of the molecule is CCn1ncc(OC)c1C(O)c1cc(F)ccc1Br. The lowest BCUT2D eigenvalue weighted by Crippen LogP contribution is -2.11. The molecule has 0 radical (unpaired) electrons. The zero-order chi connectivity index (χ0) is 14.0. The van der Waals surface area contributed by atoms with Gasteiger partial charge in [0.1, 0.15) is 17.6 Å². The number of rotatable bonds is 4. The molecule has 0 saturated carbocycles. The van der Waals surface area contributed by atoms with Crippen LogP contribution in [0.3, 0.4) is 0 Å². The summed E-state index contributed by atoms with van der Waals surface area (Å²) in [5, 5.41) is 14.6. The molecule has 102 valence electrons. The first kappa shape index (κ1) is 14.0. The molecule has 4 nitrogen and oxygen atoms in total. The summed E-state index contributed by atoms with van der Waals surface area (Å²) in [6.07, 6.45) is 0.525. The molecule has 0 saturated heterocycles. The quantitative estimate of drug-likeness (QED) is 0.938. The summed E-state index contributed by atoms with van der Waals surface area (Å²) in [5.41, 5.74) is 0.949. The molecule has 0 aliphatic rings. The molecule has 19 heavy (non-hydrogen) atoms. The average molecular weight is 329 g/mol. The maximum Gasteiger partial charge on any atom is 0.163 e. The number of aryl methyl sites for hydroxylation is 1. The molecule has 1 unspecified atom stereocenters. The number of nitrogens with zero attached hydrogens (tertiary/aromatic N) is 2. The zero-order valence-electron chi connectivity index (χ0n) is 10.6. The Morgan fingerprint density at radius 2 is 2.26 bits per heavy atom. The highest BCUT2D eigenvalue weighted by molar-refractivity contribution is 9.10. The molecule has 0 fully saturated rings. The fraction of sp³-hybridized carbons (Fsp3) is 0.308. The van der Waals surface area contributed by atoms with Gasteiger partial charge in [0.05, 0.1) is 13.3 Å². The van der Waals surface area contributed by atoms with Gasteiger partial charge in [-0.05, 0) is 25.1 Å². The number of ether oxygens (including phenoxy) is 1. The van der Waals surface area contributed by atoms with Crippen molar-refractivity contribution in [1.29, 1.82) is 0 Å². The van der Waals surface area contributed by atoms with E-state index in [0.717, 1.165) is 0 Å². The van der Waals surface area contributed by atoms with Crippen molar-refractivity contribution < 1.29 is 14.2 Å². The Kier molecular flexibility index (Phi) is 4.21. The molecule has 1 heterocycles. The van der Waals surface area contributed by atoms with Crippen LogP contribution < -0.4 is 4.74 Å². The lowest BCUT2D eigenvalue weighted by molar-refractivity contribution is 0.201. The van der Waals surface area contributed by atoms with Crippen LogP contribution in [0.2, 0.25) is 0 Å². The van der Waals surface area contributed by atoms with Crippen molar-refractivity contribution in [1.82, 2.24) is 9.78 Å². The van der Waals surface area contributed by atoms with Crippen LogP contribution in [0.4, 0.5) is 4.39 Å². The molecule has 0 aliphatic heterocycles. The minimum atomic E-state index is -1.01. The van der Waals surface area contributed by atoms with Gasteiger partial charge in [0.2, 0.25) is 0 Å². The topological polar surface area (TPSA) is 47.3 Å². The average Bonchev–Trinajstić information content (AvgIpc) is 2.83. The Hall–Kier alpha value is -1.40. The molecule has 0 spiro atoms. The third-order valence-corrected chi connectivity index (χ3v) is 3.60. The van der Waals surface area contributed by atoms with E-state index in [4.69, 9.17) is 4.74 Å². The van der Waals surface area contributed by atoms with Crippen LogP contribution in [0.1, 0.15) is 24.3 Å². The number of hydrogen-bond donors (Lipinski definition) is 1. The smallest absolute Gasteiger partial charge is 0.163 e. The van der Waals surface area contributed by atoms with Gasteiger partial charge >= 0.3 is 0 Å². The Labute approximate surface area is 118 Å². The zero-order valence-corrected chi connectivity index (χ0v) is 12.2. The van der Waals surface area contributed by atoms with Crippen LogP contribution in [0.25, 0.3) is 0 Å². The Bertz CT molecular complexity index is 565. The van der Waals surface area contributed by atoms with Crippen LogP contribution in [-0.2, 0) is 6.54 Å². The lowest BCUT2D eigenvalue weighted by Gasteiger charge is -2.16. The first-order valence-electron chi connectivity index (χ1n) is 5.81. The fourth-order valence-electron chi connectivity index (χ4n) is 1.93. The maximum absolute atomic E-state index is 13.3. The molecule has 1 aromatic heterocycles. The van der Waals surface area contributed by atoms with E-state index in [9.17, 15) is 9.50 Å². The second-order valence-corrected chi connectivity index (χ2v) is 4.84. The molecule has 1 aromatic carbocycles. The number of aromatic nitrogens is 2. The monoisotopic (exact) mass is 328 g/mol. The maximum atomic E-state index is 13.3. The molecule has 2 aromatic rings. The number of aliphatic hydroxyl groups excluding tert-OH is 1. The summed E-state index contributed by atoms with van der Waals surface area (Å²) in [4.78, 5) is 0. The second kappa shape index (κ2) is 5.71. The molecular formula is C13H14BrFN2O2. The van der Waals surface area contributed by atoms with E-state index in [1.807, 2.05) is 6.92 Å². The highest BCUT2D eigenvalue weighted by Crippen LogP contribution is 2.33. The first-order valence-corrected chi connectivity index (χ1v) is 6.60. The van der Waals surface area contributed by atoms with Gasteiger partial charge in [-0.3, -0.25) is 4.68 Å². The predicted molar refractivity (Wildman–Crippen MR) is 72.6 cm³/mol. The standard InChI is InChI=1S/C13H14BrFN2O2/c1-3-17-12(11(19-2)7-16-17)13(18)9-6-8(15)4-5-10(9)14/h4-7,13,18H,3H2,1-2H3. The van der Waals surface area contributed by atoms with Crippen LogP contribution >= 0.6 is 15.9 Å². The van der Waals surface area contributed by atoms with Gasteiger partial charge in [0.15, 0.2) is 5.75 Å². The van der Waals surface area contributed by atoms with Crippen molar-refractivity contribution in [3.05, 3.63) is 45.9 Å². The van der Waals surface area contributed by atoms with Gasteiger partial charge in [0.25, 0.3) is 0 Å². The normalized spacial score (nSPS) is 12.5. The van der Waals surface area contributed by atoms with Crippen molar-refractivity contribution in [3.63, 3.8) is 0 Å². The molecular weight excluding hydrogens is 315 g/mol. The number of aliphatic hydroxyl groups is 1. The van der Waals surface area contributed by atoms with Gasteiger partial charge in [-0.1, -0.05) is 15.9 Å². The van der Waals surface area contributed by atoms with Crippen molar-refractivity contribution in [2.24, 2.45) is 0 Å². The molecule has 1 N–H and O–H groups in total. The van der Waals surface area contributed by atoms with E-state index in [0.29, 0.717) is 28.0 Å². The predicted octanol–water partition coefficient (Wildman–Crippen LogP) is 2.89. The lowest BCUT2D eigenvalue weighted by atomic mass is 10.1. The summed E-state index contributed by atoms with van der Waals surface area (Å²) in [5.74, 6) is 0.0734. The third-order valence-electron chi connectivity index (χ3n) is 2.88. The third kappa shape index (κ3) is 2.64. The highest BCUT2D eigenvalue weighted by Gasteiger charge is 2.23. The summed E-state index contributed by atoms with van der Waals surface area (Å²) in [6.45, 7) is 2.49. The van der Waals surface area contributed by atoms with Crippen molar-refractivity contribution in [2.75, 3.05) is 7.11 Å². The van der Waals surface area contributed by atoms with Gasteiger partial charge < -0.3 is 9.84 Å². The molecule has 0 bridgehead atoms. The van der Waals surface area contributed by atoms with Crippen molar-refractivity contribution in [3.8, 4) is 5.75 Å². The van der Waals surface area contributed by atoms with Crippen molar-refractivity contribution >= 4 is 15.9 Å². The fourth-order valence-corrected chi connectivity index (χ4v) is 2.40. The number of hydrogen-bond acceptors (Lipinski definition) is 3. The van der Waals surface area contributed by atoms with Gasteiger partial charge in [0, 0.05) is 16.6 Å². The minimum absolute atomic E-state index is 0.404. The number of benzene rings is 1. The van der Waals surface area contributed by atoms with Crippen LogP contribution in [-0.4, -0.2) is 22.0 Å². The summed E-state index contributed by atoms with van der Waals surface area (Å²) >= 11 is 3.31. The van der Waals surface area contributed by atoms with Crippen LogP contribution in [0.15, 0.2) is 28.9 Å². The first-order chi connectivity index (χ1) is 9.08. The van der Waals surface area contributed by atoms with E-state index in [-0.39, 0.29) is 0 Å². The van der Waals surface area contributed by atoms with E-state index in [1.54, 1.807) is 10.7 Å². The van der Waals surface area contributed by atoms with Crippen LogP contribution in [0.5, 0.6) is 5.75 Å². The Morgan fingerprint density at radius 3 is 2.89 bits per heavy atom. The van der Waals surface area contributed by atoms with Gasteiger partial charge in [-0.2, -0.15) is 5.10 Å². The summed E-state index contributed by atoms with van der Waals surface area (Å²) in [7, 11) is 1.51. The van der Waals surface area contributed by atoms with E-state index in [1.165, 1.54) is 25.4 Å². The Balaban J connectivity index is 2.51. The second-order valence-electron chi connectivity index (χ2n) is 3.98. The Morgan fingerprint density at radius 1 is 1.53 bits per heavy atom. The minimum Gasteiger partial charge on any atom is -0.493 e.